The van der Waals surface area contributed by atoms with Crippen LogP contribution in [0.4, 0.5) is 5.69 Å². The van der Waals surface area contributed by atoms with Crippen LogP contribution in [0.3, 0.4) is 0 Å². The second-order valence-corrected chi connectivity index (χ2v) is 9.47. The molecule has 0 spiro atoms. The van der Waals surface area contributed by atoms with Crippen LogP contribution in [0.15, 0.2) is 18.2 Å². The van der Waals surface area contributed by atoms with Gasteiger partial charge in [0, 0.05) is 24.2 Å². The zero-order valence-corrected chi connectivity index (χ0v) is 21.1. The van der Waals surface area contributed by atoms with Gasteiger partial charge in [-0.05, 0) is 24.8 Å². The molecule has 8 nitrogen and oxygen atoms in total. The van der Waals surface area contributed by atoms with Crippen molar-refractivity contribution in [2.75, 3.05) is 6.54 Å². The van der Waals surface area contributed by atoms with E-state index in [1.807, 2.05) is 13.8 Å². The number of nitrogens with one attached hydrogen (secondary N) is 2. The molecule has 34 heavy (non-hydrogen) atoms. The number of rotatable bonds is 18. The van der Waals surface area contributed by atoms with Crippen molar-refractivity contribution in [3.05, 3.63) is 33.9 Å². The molecule has 1 rings (SSSR count). The average Bonchev–Trinajstić information content (AvgIpc) is 2.77. The molecule has 0 saturated carbocycles. The first-order valence-corrected chi connectivity index (χ1v) is 12.8. The molecule has 192 valence electrons. The van der Waals surface area contributed by atoms with E-state index in [2.05, 4.69) is 17.6 Å². The van der Waals surface area contributed by atoms with E-state index >= 15 is 0 Å². The number of amides is 2. The quantitative estimate of drug-likeness (QED) is 0.148. The molecule has 0 saturated heterocycles. The average molecular weight is 478 g/mol. The van der Waals surface area contributed by atoms with Crippen LogP contribution < -0.4 is 10.6 Å². The van der Waals surface area contributed by atoms with E-state index in [1.165, 1.54) is 69.6 Å². The maximum Gasteiger partial charge on any atom is 0.269 e. The standard InChI is InChI=1S/C26H43N3O5/c1-4-5-6-7-8-9-10-11-12-13-16-27-26(32)23(17-20(2)3)28-25(31)19-21-18-22(29(33)34)14-15-24(21)30/h14-15,18,20,23,30H,4-13,16-17,19H2,1-3H3,(H,27,32)(H,28,31)/t23-/m0/s1. The van der Waals surface area contributed by atoms with Gasteiger partial charge in [0.2, 0.25) is 11.8 Å². The number of phenols is 1. The molecule has 1 atom stereocenters. The fourth-order valence-electron chi connectivity index (χ4n) is 3.90. The summed E-state index contributed by atoms with van der Waals surface area (Å²) in [6.45, 7) is 6.75. The molecule has 0 aromatic heterocycles. The summed E-state index contributed by atoms with van der Waals surface area (Å²) >= 11 is 0. The number of benzene rings is 1. The Morgan fingerprint density at radius 1 is 1.00 bits per heavy atom. The van der Waals surface area contributed by atoms with Crippen molar-refractivity contribution in [2.24, 2.45) is 5.92 Å². The smallest absolute Gasteiger partial charge is 0.269 e. The number of phenolic OH excluding ortho intramolecular Hbond substituents is 1. The lowest BCUT2D eigenvalue weighted by atomic mass is 10.0. The summed E-state index contributed by atoms with van der Waals surface area (Å²) in [5.41, 5.74) is -0.0469. The second-order valence-electron chi connectivity index (χ2n) is 9.47. The minimum atomic E-state index is -0.684. The zero-order chi connectivity index (χ0) is 25.3. The molecule has 0 unspecified atom stereocenters. The Hall–Kier alpha value is -2.64. The topological polar surface area (TPSA) is 122 Å². The molecule has 1 aromatic rings. The van der Waals surface area contributed by atoms with Gasteiger partial charge in [-0.25, -0.2) is 0 Å². The van der Waals surface area contributed by atoms with Crippen LogP contribution in [0.5, 0.6) is 5.75 Å². The monoisotopic (exact) mass is 477 g/mol. The number of carbonyl (C=O) groups is 2. The lowest BCUT2D eigenvalue weighted by Crippen LogP contribution is -2.48. The summed E-state index contributed by atoms with van der Waals surface area (Å²) in [7, 11) is 0. The normalized spacial score (nSPS) is 11.9. The van der Waals surface area contributed by atoms with Gasteiger partial charge in [0.15, 0.2) is 0 Å². The van der Waals surface area contributed by atoms with Gasteiger partial charge in [0.1, 0.15) is 11.8 Å². The number of hydrogen-bond acceptors (Lipinski definition) is 5. The van der Waals surface area contributed by atoms with Crippen LogP contribution in [0.2, 0.25) is 0 Å². The highest BCUT2D eigenvalue weighted by Gasteiger charge is 2.22. The highest BCUT2D eigenvalue weighted by Crippen LogP contribution is 2.23. The van der Waals surface area contributed by atoms with Crippen LogP contribution in [0.1, 0.15) is 97.0 Å². The van der Waals surface area contributed by atoms with Crippen molar-refractivity contribution in [1.29, 1.82) is 0 Å². The Morgan fingerprint density at radius 3 is 2.15 bits per heavy atom. The summed E-state index contributed by atoms with van der Waals surface area (Å²) in [5, 5.41) is 26.6. The maximum atomic E-state index is 12.7. The summed E-state index contributed by atoms with van der Waals surface area (Å²) < 4.78 is 0. The maximum absolute atomic E-state index is 12.7. The summed E-state index contributed by atoms with van der Waals surface area (Å²) in [6, 6.07) is 2.87. The molecular weight excluding hydrogens is 434 g/mol. The molecule has 2 amide bonds. The first-order valence-electron chi connectivity index (χ1n) is 12.8. The summed E-state index contributed by atoms with van der Waals surface area (Å²) in [4.78, 5) is 35.6. The molecule has 0 fully saturated rings. The number of nitrogens with zero attached hydrogens (tertiary/aromatic N) is 1. The van der Waals surface area contributed by atoms with Crippen LogP contribution in [0, 0.1) is 16.0 Å². The summed E-state index contributed by atoms with van der Waals surface area (Å²) in [5.74, 6) is -0.678. The van der Waals surface area contributed by atoms with E-state index in [0.29, 0.717) is 13.0 Å². The number of carbonyl (C=O) groups excluding carboxylic acids is 2. The van der Waals surface area contributed by atoms with Crippen molar-refractivity contribution < 1.29 is 19.6 Å². The molecule has 1 aromatic carbocycles. The van der Waals surface area contributed by atoms with Gasteiger partial charge in [-0.3, -0.25) is 19.7 Å². The number of nitro groups is 1. The molecule has 0 heterocycles. The molecule has 0 aliphatic heterocycles. The van der Waals surface area contributed by atoms with Gasteiger partial charge in [0.25, 0.3) is 5.69 Å². The van der Waals surface area contributed by atoms with E-state index in [0.717, 1.165) is 12.8 Å². The lowest BCUT2D eigenvalue weighted by molar-refractivity contribution is -0.384. The predicted molar refractivity (Wildman–Crippen MR) is 135 cm³/mol. The van der Waals surface area contributed by atoms with Crippen LogP contribution in [0.25, 0.3) is 0 Å². The largest absolute Gasteiger partial charge is 0.508 e. The lowest BCUT2D eigenvalue weighted by Gasteiger charge is -2.20. The van der Waals surface area contributed by atoms with E-state index in [9.17, 15) is 24.8 Å². The van der Waals surface area contributed by atoms with Crippen LogP contribution in [-0.2, 0) is 16.0 Å². The number of unbranched alkanes of at least 4 members (excludes halogenated alkanes) is 9. The Bertz CT molecular complexity index is 767. The van der Waals surface area contributed by atoms with Gasteiger partial charge in [-0.1, -0.05) is 78.6 Å². The third-order valence-electron chi connectivity index (χ3n) is 5.81. The minimum Gasteiger partial charge on any atom is -0.508 e. The van der Waals surface area contributed by atoms with Crippen LogP contribution >= 0.6 is 0 Å². The number of hydrogen-bond donors (Lipinski definition) is 3. The van der Waals surface area contributed by atoms with E-state index < -0.39 is 16.9 Å². The van der Waals surface area contributed by atoms with Crippen molar-refractivity contribution in [3.63, 3.8) is 0 Å². The van der Waals surface area contributed by atoms with Crippen LogP contribution in [-0.4, -0.2) is 34.4 Å². The predicted octanol–water partition coefficient (Wildman–Crippen LogP) is 5.41. The fraction of sp³-hybridized carbons (Fsp3) is 0.692. The Kier molecular flexibility index (Phi) is 14.6. The van der Waals surface area contributed by atoms with Gasteiger partial charge in [-0.2, -0.15) is 0 Å². The molecule has 0 aliphatic rings. The number of non-ortho nitro benzene ring substituents is 1. The minimum absolute atomic E-state index is 0.153. The van der Waals surface area contributed by atoms with E-state index in [1.54, 1.807) is 0 Å². The van der Waals surface area contributed by atoms with Crippen molar-refractivity contribution in [2.45, 2.75) is 104 Å². The van der Waals surface area contributed by atoms with E-state index in [4.69, 9.17) is 0 Å². The first-order chi connectivity index (χ1) is 16.2. The Labute approximate surface area is 204 Å². The molecule has 0 radical (unpaired) electrons. The van der Waals surface area contributed by atoms with Gasteiger partial charge in [0.05, 0.1) is 11.3 Å². The molecule has 0 aliphatic carbocycles. The Balaban J connectivity index is 2.41. The van der Waals surface area contributed by atoms with Gasteiger partial charge < -0.3 is 15.7 Å². The Morgan fingerprint density at radius 2 is 1.59 bits per heavy atom. The molecule has 3 N–H and O–H groups in total. The van der Waals surface area contributed by atoms with E-state index in [-0.39, 0.29) is 35.2 Å². The zero-order valence-electron chi connectivity index (χ0n) is 21.1. The van der Waals surface area contributed by atoms with Crippen molar-refractivity contribution in [3.8, 4) is 5.75 Å². The fourth-order valence-corrected chi connectivity index (χ4v) is 3.90. The third kappa shape index (κ3) is 12.6. The van der Waals surface area contributed by atoms with Gasteiger partial charge >= 0.3 is 0 Å². The number of aromatic hydroxyl groups is 1. The summed E-state index contributed by atoms with van der Waals surface area (Å²) in [6.07, 6.45) is 12.5. The molecule has 0 bridgehead atoms. The molecular formula is C26H43N3O5. The number of nitro benzene ring substituents is 1. The first kappa shape index (κ1) is 29.4. The third-order valence-corrected chi connectivity index (χ3v) is 5.81. The highest BCUT2D eigenvalue weighted by molar-refractivity contribution is 5.88. The van der Waals surface area contributed by atoms with Crippen molar-refractivity contribution >= 4 is 17.5 Å². The van der Waals surface area contributed by atoms with Gasteiger partial charge in [-0.15, -0.1) is 0 Å². The SMILES string of the molecule is CCCCCCCCCCCCNC(=O)[C@H](CC(C)C)NC(=O)Cc1cc([N+](=O)[O-])ccc1O. The highest BCUT2D eigenvalue weighted by atomic mass is 16.6. The van der Waals surface area contributed by atoms with Crippen molar-refractivity contribution in [1.82, 2.24) is 10.6 Å². The molecule has 8 heteroatoms. The second kappa shape index (κ2) is 16.9.